The highest BCUT2D eigenvalue weighted by Crippen LogP contribution is 2.31. The molecule has 0 saturated carbocycles. The Bertz CT molecular complexity index is 1100. The van der Waals surface area contributed by atoms with E-state index in [1.165, 1.54) is 0 Å². The van der Waals surface area contributed by atoms with E-state index in [-0.39, 0.29) is 0 Å². The van der Waals surface area contributed by atoms with Gasteiger partial charge in [-0.05, 0) is 59.3 Å². The lowest BCUT2D eigenvalue weighted by Crippen LogP contribution is -2.29. The first-order valence-electron chi connectivity index (χ1n) is 9.53. The van der Waals surface area contributed by atoms with Gasteiger partial charge in [0.05, 0.1) is 17.1 Å². The van der Waals surface area contributed by atoms with Crippen LogP contribution in [0.4, 0.5) is 0 Å². The van der Waals surface area contributed by atoms with Crippen molar-refractivity contribution < 1.29 is 10.0 Å². The van der Waals surface area contributed by atoms with Gasteiger partial charge in [0, 0.05) is 6.20 Å². The summed E-state index contributed by atoms with van der Waals surface area (Å²) < 4.78 is 0. The Morgan fingerprint density at radius 2 is 1.76 bits per heavy atom. The molecule has 0 saturated heterocycles. The number of rotatable bonds is 4. The lowest BCUT2D eigenvalue weighted by atomic mass is 9.79. The highest BCUT2D eigenvalue weighted by Gasteiger charge is 2.15. The molecule has 5 heteroatoms. The summed E-state index contributed by atoms with van der Waals surface area (Å²) in [7, 11) is -1.51. The molecule has 1 aromatic carbocycles. The van der Waals surface area contributed by atoms with E-state index in [2.05, 4.69) is 23.7 Å². The Balaban J connectivity index is 1.87. The Morgan fingerprint density at radius 1 is 0.897 bits per heavy atom. The maximum Gasteiger partial charge on any atom is 0.488 e. The molecule has 2 N–H and O–H groups in total. The summed E-state index contributed by atoms with van der Waals surface area (Å²) in [5.74, 6) is 0. The fourth-order valence-corrected chi connectivity index (χ4v) is 3.38. The van der Waals surface area contributed by atoms with E-state index in [1.807, 2.05) is 48.5 Å². The van der Waals surface area contributed by atoms with Crippen molar-refractivity contribution in [3.8, 4) is 22.5 Å². The molecule has 29 heavy (non-hydrogen) atoms. The summed E-state index contributed by atoms with van der Waals surface area (Å²) in [6.45, 7) is 4.15. The first kappa shape index (κ1) is 19.1. The lowest BCUT2D eigenvalue weighted by Gasteiger charge is -2.13. The zero-order valence-electron chi connectivity index (χ0n) is 16.0. The molecule has 3 aromatic rings. The second-order valence-corrected chi connectivity index (χ2v) is 7.09. The molecule has 4 nitrogen and oxygen atoms in total. The Hall–Kier alpha value is -3.28. The van der Waals surface area contributed by atoms with E-state index in [0.29, 0.717) is 5.46 Å². The van der Waals surface area contributed by atoms with Crippen LogP contribution in [0.3, 0.4) is 0 Å². The highest BCUT2D eigenvalue weighted by molar-refractivity contribution is 6.58. The molecule has 4 rings (SSSR count). The van der Waals surface area contributed by atoms with Crippen LogP contribution in [0.5, 0.6) is 0 Å². The van der Waals surface area contributed by atoms with Crippen molar-refractivity contribution in [2.45, 2.75) is 12.8 Å². The number of hydrogen-bond donors (Lipinski definition) is 2. The molecule has 2 aromatic heterocycles. The standard InChI is InChI=1S/C24H21BN2O2/c1-17-7-2-3-8-19(13-17)23-15-20(18-9-6-10-21(14-18)25(28)29)16-24(27-23)22-11-4-5-12-26-22/h2-6,8-12,14-16,28-29H,1,7,13H2. The summed E-state index contributed by atoms with van der Waals surface area (Å²) in [5, 5.41) is 19.1. The Kier molecular flexibility index (Phi) is 5.51. The Morgan fingerprint density at radius 3 is 2.55 bits per heavy atom. The molecule has 0 fully saturated rings. The third-order valence-corrected chi connectivity index (χ3v) is 4.88. The summed E-state index contributed by atoms with van der Waals surface area (Å²) in [6.07, 6.45) is 9.61. The molecule has 0 radical (unpaired) electrons. The van der Waals surface area contributed by atoms with Crippen molar-refractivity contribution in [3.05, 3.63) is 96.9 Å². The summed E-state index contributed by atoms with van der Waals surface area (Å²) in [4.78, 5) is 9.34. The smallest absolute Gasteiger partial charge is 0.423 e. The van der Waals surface area contributed by atoms with Crippen molar-refractivity contribution in [2.24, 2.45) is 0 Å². The van der Waals surface area contributed by atoms with Crippen LogP contribution in [-0.2, 0) is 0 Å². The number of benzene rings is 1. The molecule has 1 aliphatic rings. The van der Waals surface area contributed by atoms with Crippen molar-refractivity contribution in [2.75, 3.05) is 0 Å². The van der Waals surface area contributed by atoms with Crippen LogP contribution < -0.4 is 5.46 Å². The van der Waals surface area contributed by atoms with Crippen LogP contribution in [0, 0.1) is 0 Å². The third kappa shape index (κ3) is 4.42. The van der Waals surface area contributed by atoms with Crippen molar-refractivity contribution in [1.29, 1.82) is 0 Å². The highest BCUT2D eigenvalue weighted by atomic mass is 16.4. The van der Waals surface area contributed by atoms with Crippen LogP contribution in [0.1, 0.15) is 18.5 Å². The van der Waals surface area contributed by atoms with Crippen LogP contribution in [0.25, 0.3) is 28.1 Å². The van der Waals surface area contributed by atoms with Gasteiger partial charge in [-0.25, -0.2) is 4.98 Å². The van der Waals surface area contributed by atoms with Gasteiger partial charge in [0.1, 0.15) is 0 Å². The van der Waals surface area contributed by atoms with Crippen LogP contribution in [-0.4, -0.2) is 27.1 Å². The molecular weight excluding hydrogens is 359 g/mol. The quantitative estimate of drug-likeness (QED) is 0.534. The fourth-order valence-electron chi connectivity index (χ4n) is 3.38. The minimum absolute atomic E-state index is 0.449. The first-order valence-corrected chi connectivity index (χ1v) is 9.53. The number of pyridine rings is 2. The fraction of sp³-hybridized carbons (Fsp3) is 0.0833. The van der Waals surface area contributed by atoms with Gasteiger partial charge in [-0.15, -0.1) is 0 Å². The van der Waals surface area contributed by atoms with Crippen molar-refractivity contribution in [3.63, 3.8) is 0 Å². The minimum atomic E-state index is -1.51. The van der Waals surface area contributed by atoms with E-state index < -0.39 is 7.12 Å². The van der Waals surface area contributed by atoms with E-state index in [4.69, 9.17) is 4.98 Å². The minimum Gasteiger partial charge on any atom is -0.423 e. The van der Waals surface area contributed by atoms with Gasteiger partial charge in [0.25, 0.3) is 0 Å². The normalized spacial score (nSPS) is 13.7. The average molecular weight is 380 g/mol. The van der Waals surface area contributed by atoms with Gasteiger partial charge < -0.3 is 10.0 Å². The molecule has 0 aliphatic heterocycles. The molecule has 0 bridgehead atoms. The van der Waals surface area contributed by atoms with E-state index in [1.54, 1.807) is 18.3 Å². The number of hydrogen-bond acceptors (Lipinski definition) is 4. The molecule has 0 unspecified atom stereocenters. The second kappa shape index (κ2) is 8.39. The predicted molar refractivity (Wildman–Crippen MR) is 118 cm³/mol. The van der Waals surface area contributed by atoms with Gasteiger partial charge in [0.2, 0.25) is 0 Å². The third-order valence-electron chi connectivity index (χ3n) is 4.88. The van der Waals surface area contributed by atoms with Gasteiger partial charge in [-0.3, -0.25) is 4.98 Å². The number of allylic oxidation sites excluding steroid dienone is 5. The average Bonchev–Trinajstić information content (AvgIpc) is 2.98. The van der Waals surface area contributed by atoms with E-state index >= 15 is 0 Å². The van der Waals surface area contributed by atoms with Gasteiger partial charge in [-0.1, -0.05) is 60.7 Å². The maximum atomic E-state index is 9.55. The summed E-state index contributed by atoms with van der Waals surface area (Å²) in [6, 6.07) is 17.0. The zero-order chi connectivity index (χ0) is 20.2. The van der Waals surface area contributed by atoms with Crippen molar-refractivity contribution in [1.82, 2.24) is 9.97 Å². The SMILES string of the molecule is C=C1CC=CC=C(c2cc(-c3cccc(B(O)O)c3)cc(-c3ccccn3)n2)C1. The summed E-state index contributed by atoms with van der Waals surface area (Å²) in [5.41, 5.74) is 6.95. The largest absolute Gasteiger partial charge is 0.488 e. The van der Waals surface area contributed by atoms with Crippen LogP contribution in [0.15, 0.2) is 91.2 Å². The maximum absolute atomic E-state index is 9.55. The first-order chi connectivity index (χ1) is 14.1. The molecule has 0 atom stereocenters. The molecule has 1 aliphatic carbocycles. The van der Waals surface area contributed by atoms with Gasteiger partial charge in [-0.2, -0.15) is 0 Å². The monoisotopic (exact) mass is 380 g/mol. The lowest BCUT2D eigenvalue weighted by molar-refractivity contribution is 0.426. The van der Waals surface area contributed by atoms with Crippen LogP contribution >= 0.6 is 0 Å². The van der Waals surface area contributed by atoms with Crippen molar-refractivity contribution >= 4 is 18.2 Å². The zero-order valence-corrected chi connectivity index (χ0v) is 16.0. The van der Waals surface area contributed by atoms with Gasteiger partial charge in [0.15, 0.2) is 0 Å². The Labute approximate surface area is 170 Å². The van der Waals surface area contributed by atoms with Gasteiger partial charge >= 0.3 is 7.12 Å². The molecular formula is C24H21BN2O2. The predicted octanol–water partition coefficient (Wildman–Crippen LogP) is 3.78. The second-order valence-electron chi connectivity index (χ2n) is 7.09. The molecule has 142 valence electrons. The molecule has 0 spiro atoms. The number of aromatic nitrogens is 2. The van der Waals surface area contributed by atoms with E-state index in [9.17, 15) is 10.0 Å². The molecule has 2 heterocycles. The number of nitrogens with zero attached hydrogens (tertiary/aromatic N) is 2. The molecule has 0 amide bonds. The van der Waals surface area contributed by atoms with Crippen LogP contribution in [0.2, 0.25) is 0 Å². The van der Waals surface area contributed by atoms with E-state index in [0.717, 1.165) is 52.2 Å². The summed E-state index contributed by atoms with van der Waals surface area (Å²) >= 11 is 0. The topological polar surface area (TPSA) is 66.2 Å².